The van der Waals surface area contributed by atoms with Crippen LogP contribution in [0.1, 0.15) is 13.3 Å². The van der Waals surface area contributed by atoms with E-state index in [-0.39, 0.29) is 12.3 Å². The van der Waals surface area contributed by atoms with Gasteiger partial charge in [-0.25, -0.2) is 4.79 Å². The third-order valence-corrected chi connectivity index (χ3v) is 1.64. The summed E-state index contributed by atoms with van der Waals surface area (Å²) in [7, 11) is 1.46. The van der Waals surface area contributed by atoms with E-state index in [4.69, 9.17) is 5.11 Å². The molecule has 4 nitrogen and oxygen atoms in total. The second-order valence-corrected chi connectivity index (χ2v) is 2.51. The molecule has 0 bridgehead atoms. The number of carbonyl (C=O) groups excluding carboxylic acids is 1. The summed E-state index contributed by atoms with van der Waals surface area (Å²) in [5.74, 6) is -1.27. The van der Waals surface area contributed by atoms with Gasteiger partial charge in [-0.15, -0.1) is 6.58 Å². The number of carboxylic acids is 1. The molecule has 0 aromatic carbocycles. The molecule has 1 N–H and O–H groups in total. The van der Waals surface area contributed by atoms with Crippen molar-refractivity contribution in [3.63, 3.8) is 0 Å². The molecule has 0 aliphatic carbocycles. The number of likely N-dealkylation sites (N-methyl/N-ethyl adjacent to an activating group) is 1. The number of hydrogen-bond acceptors (Lipinski definition) is 2. The van der Waals surface area contributed by atoms with E-state index < -0.39 is 12.0 Å². The summed E-state index contributed by atoms with van der Waals surface area (Å²) in [6, 6.07) is -0.792. The van der Waals surface area contributed by atoms with Gasteiger partial charge in [-0.3, -0.25) is 4.79 Å². The van der Waals surface area contributed by atoms with Crippen molar-refractivity contribution in [2.75, 3.05) is 7.05 Å². The molecule has 4 heteroatoms. The number of carboxylic acid groups (broad SMARTS) is 1. The first-order valence-corrected chi connectivity index (χ1v) is 3.57. The Morgan fingerprint density at radius 1 is 1.67 bits per heavy atom. The van der Waals surface area contributed by atoms with Crippen LogP contribution in [0.25, 0.3) is 0 Å². The van der Waals surface area contributed by atoms with Crippen LogP contribution in [0.5, 0.6) is 0 Å². The van der Waals surface area contributed by atoms with Crippen LogP contribution in [0.15, 0.2) is 12.7 Å². The van der Waals surface area contributed by atoms with E-state index >= 15 is 0 Å². The number of amides is 1. The van der Waals surface area contributed by atoms with Gasteiger partial charge in [-0.05, 0) is 6.42 Å². The van der Waals surface area contributed by atoms with Crippen molar-refractivity contribution >= 4 is 11.9 Å². The highest BCUT2D eigenvalue weighted by atomic mass is 16.4. The highest BCUT2D eigenvalue weighted by Gasteiger charge is 2.22. The Bertz CT molecular complexity index is 200. The summed E-state index contributed by atoms with van der Waals surface area (Å²) in [6.07, 6.45) is 1.75. The van der Waals surface area contributed by atoms with E-state index in [1.54, 1.807) is 0 Å². The first-order chi connectivity index (χ1) is 5.50. The van der Waals surface area contributed by atoms with Crippen LogP contribution in [0, 0.1) is 0 Å². The topological polar surface area (TPSA) is 57.6 Å². The minimum absolute atomic E-state index is 0.260. The molecule has 12 heavy (non-hydrogen) atoms. The Kier molecular flexibility index (Phi) is 4.04. The summed E-state index contributed by atoms with van der Waals surface area (Å²) < 4.78 is 0. The van der Waals surface area contributed by atoms with E-state index in [1.807, 2.05) is 0 Å². The summed E-state index contributed by atoms with van der Waals surface area (Å²) in [4.78, 5) is 22.6. The molecule has 0 aromatic rings. The van der Waals surface area contributed by atoms with Crippen molar-refractivity contribution in [3.05, 3.63) is 12.7 Å². The quantitative estimate of drug-likeness (QED) is 0.626. The standard InChI is InChI=1S/C8H13NO3/c1-4-5-7(8(11)12)9(3)6(2)10/h4,7H,1,5H2,2-3H3,(H,11,12). The molecule has 0 aliphatic rings. The maximum Gasteiger partial charge on any atom is 0.326 e. The predicted octanol–water partition coefficient (Wildman–Crippen LogP) is 0.494. The number of aliphatic carboxylic acids is 1. The minimum atomic E-state index is -1.01. The maximum absolute atomic E-state index is 10.8. The largest absolute Gasteiger partial charge is 0.480 e. The van der Waals surface area contributed by atoms with Gasteiger partial charge in [0.1, 0.15) is 6.04 Å². The Balaban J connectivity index is 4.38. The van der Waals surface area contributed by atoms with Crippen molar-refractivity contribution in [2.45, 2.75) is 19.4 Å². The summed E-state index contributed by atoms with van der Waals surface area (Å²) >= 11 is 0. The van der Waals surface area contributed by atoms with E-state index in [1.165, 1.54) is 24.9 Å². The molecule has 0 fully saturated rings. The van der Waals surface area contributed by atoms with Crippen molar-refractivity contribution < 1.29 is 14.7 Å². The lowest BCUT2D eigenvalue weighted by Crippen LogP contribution is -2.40. The van der Waals surface area contributed by atoms with Crippen LogP contribution in [0.3, 0.4) is 0 Å². The van der Waals surface area contributed by atoms with Crippen molar-refractivity contribution in [1.29, 1.82) is 0 Å². The average molecular weight is 171 g/mol. The molecule has 0 rings (SSSR count). The fourth-order valence-electron chi connectivity index (χ4n) is 0.802. The molecule has 0 saturated carbocycles. The molecule has 0 heterocycles. The molecule has 68 valence electrons. The molecule has 1 unspecified atom stereocenters. The SMILES string of the molecule is C=CCC(C(=O)O)N(C)C(C)=O. The van der Waals surface area contributed by atoms with Crippen LogP contribution >= 0.6 is 0 Å². The molecule has 0 radical (unpaired) electrons. The average Bonchev–Trinajstić information content (AvgIpc) is 1.98. The Labute approximate surface area is 71.5 Å². The van der Waals surface area contributed by atoms with Gasteiger partial charge in [-0.1, -0.05) is 6.08 Å². The van der Waals surface area contributed by atoms with Gasteiger partial charge in [0.25, 0.3) is 0 Å². The van der Waals surface area contributed by atoms with Crippen molar-refractivity contribution in [3.8, 4) is 0 Å². The Hall–Kier alpha value is -1.32. The number of nitrogens with zero attached hydrogens (tertiary/aromatic N) is 1. The zero-order chi connectivity index (χ0) is 9.72. The minimum Gasteiger partial charge on any atom is -0.480 e. The predicted molar refractivity (Wildman–Crippen MR) is 44.7 cm³/mol. The molecule has 1 amide bonds. The number of rotatable bonds is 4. The van der Waals surface area contributed by atoms with E-state index in [9.17, 15) is 9.59 Å². The lowest BCUT2D eigenvalue weighted by molar-refractivity contribution is -0.148. The van der Waals surface area contributed by atoms with Gasteiger partial charge in [-0.2, -0.15) is 0 Å². The van der Waals surface area contributed by atoms with Crippen LogP contribution in [-0.2, 0) is 9.59 Å². The molecular weight excluding hydrogens is 158 g/mol. The molecule has 0 saturated heterocycles. The molecule has 1 atom stereocenters. The third-order valence-electron chi connectivity index (χ3n) is 1.64. The molecule has 0 aromatic heterocycles. The van der Waals surface area contributed by atoms with Gasteiger partial charge in [0.05, 0.1) is 0 Å². The lowest BCUT2D eigenvalue weighted by Gasteiger charge is -2.21. The second kappa shape index (κ2) is 4.54. The fourth-order valence-corrected chi connectivity index (χ4v) is 0.802. The smallest absolute Gasteiger partial charge is 0.326 e. The van der Waals surface area contributed by atoms with Gasteiger partial charge >= 0.3 is 5.97 Å². The first kappa shape index (κ1) is 10.7. The number of hydrogen-bond donors (Lipinski definition) is 1. The van der Waals surface area contributed by atoms with Gasteiger partial charge < -0.3 is 10.0 Å². The lowest BCUT2D eigenvalue weighted by atomic mass is 10.2. The zero-order valence-electron chi connectivity index (χ0n) is 7.28. The second-order valence-electron chi connectivity index (χ2n) is 2.51. The van der Waals surface area contributed by atoms with Crippen LogP contribution < -0.4 is 0 Å². The van der Waals surface area contributed by atoms with Crippen molar-refractivity contribution in [1.82, 2.24) is 4.90 Å². The van der Waals surface area contributed by atoms with E-state index in [0.29, 0.717) is 0 Å². The van der Waals surface area contributed by atoms with Gasteiger partial charge in [0.2, 0.25) is 5.91 Å². The van der Waals surface area contributed by atoms with Crippen LogP contribution in [-0.4, -0.2) is 35.0 Å². The van der Waals surface area contributed by atoms with Gasteiger partial charge in [0, 0.05) is 14.0 Å². The zero-order valence-corrected chi connectivity index (χ0v) is 7.28. The molecule has 0 spiro atoms. The monoisotopic (exact) mass is 171 g/mol. The summed E-state index contributed by atoms with van der Waals surface area (Å²) in [5, 5.41) is 8.68. The number of carbonyl (C=O) groups is 2. The fraction of sp³-hybridized carbons (Fsp3) is 0.500. The van der Waals surface area contributed by atoms with Crippen LogP contribution in [0.2, 0.25) is 0 Å². The normalized spacial score (nSPS) is 11.8. The van der Waals surface area contributed by atoms with Gasteiger partial charge in [0.15, 0.2) is 0 Å². The Morgan fingerprint density at radius 2 is 2.17 bits per heavy atom. The third kappa shape index (κ3) is 2.74. The summed E-state index contributed by atoms with van der Waals surface area (Å²) in [5.41, 5.74) is 0. The highest BCUT2D eigenvalue weighted by Crippen LogP contribution is 2.02. The van der Waals surface area contributed by atoms with Crippen molar-refractivity contribution in [2.24, 2.45) is 0 Å². The molecule has 0 aliphatic heterocycles. The Morgan fingerprint density at radius 3 is 2.42 bits per heavy atom. The van der Waals surface area contributed by atoms with E-state index in [2.05, 4.69) is 6.58 Å². The first-order valence-electron chi connectivity index (χ1n) is 3.57. The maximum atomic E-state index is 10.8. The highest BCUT2D eigenvalue weighted by molar-refractivity contribution is 5.82. The molecular formula is C8H13NO3. The summed E-state index contributed by atoms with van der Waals surface area (Å²) in [6.45, 7) is 4.76. The van der Waals surface area contributed by atoms with Crippen LogP contribution in [0.4, 0.5) is 0 Å². The van der Waals surface area contributed by atoms with E-state index in [0.717, 1.165) is 0 Å².